The first-order valence-electron chi connectivity index (χ1n) is 8.24. The molecule has 1 unspecified atom stereocenters. The van der Waals surface area contributed by atoms with E-state index in [0.717, 1.165) is 46.3 Å². The van der Waals surface area contributed by atoms with Gasteiger partial charge in [-0.25, -0.2) is 0 Å². The van der Waals surface area contributed by atoms with Crippen LogP contribution in [0.15, 0.2) is 57.9 Å². The molecule has 0 spiro atoms. The normalized spacial score (nSPS) is 16.0. The number of rotatable bonds is 4. The molecule has 1 aliphatic heterocycles. The van der Waals surface area contributed by atoms with E-state index in [-0.39, 0.29) is 11.2 Å². The van der Waals surface area contributed by atoms with E-state index in [1.807, 2.05) is 54.3 Å². The van der Waals surface area contributed by atoms with Crippen molar-refractivity contribution in [3.8, 4) is 0 Å². The summed E-state index contributed by atoms with van der Waals surface area (Å²) in [5, 5.41) is 0.662. The summed E-state index contributed by atoms with van der Waals surface area (Å²) >= 11 is 11.1. The van der Waals surface area contributed by atoms with E-state index in [9.17, 15) is 4.79 Å². The van der Waals surface area contributed by atoms with Gasteiger partial charge in [0.15, 0.2) is 0 Å². The molecule has 0 aliphatic carbocycles. The Morgan fingerprint density at radius 3 is 2.44 bits per heavy atom. The van der Waals surface area contributed by atoms with E-state index in [1.54, 1.807) is 11.8 Å². The van der Waals surface area contributed by atoms with Crippen molar-refractivity contribution in [1.29, 1.82) is 0 Å². The van der Waals surface area contributed by atoms with Crippen LogP contribution in [0, 0.1) is 0 Å². The molecule has 0 aromatic heterocycles. The van der Waals surface area contributed by atoms with E-state index in [4.69, 9.17) is 11.6 Å². The highest BCUT2D eigenvalue weighted by Gasteiger charge is 2.25. The Hall–Kier alpha value is -1.17. The Labute approximate surface area is 166 Å². The number of carbonyl (C=O) groups excluding carboxylic acids is 1. The summed E-state index contributed by atoms with van der Waals surface area (Å²) in [5.74, 6) is 0.207. The van der Waals surface area contributed by atoms with Gasteiger partial charge in [-0.05, 0) is 49.4 Å². The van der Waals surface area contributed by atoms with Crippen LogP contribution in [0.1, 0.15) is 6.92 Å². The van der Waals surface area contributed by atoms with Gasteiger partial charge in [0.1, 0.15) is 0 Å². The molecule has 2 aromatic rings. The maximum absolute atomic E-state index is 12.7. The Balaban J connectivity index is 1.54. The summed E-state index contributed by atoms with van der Waals surface area (Å²) in [7, 11) is 0. The monoisotopic (exact) mass is 438 g/mol. The van der Waals surface area contributed by atoms with Crippen LogP contribution in [0.4, 0.5) is 5.69 Å². The molecule has 0 saturated carbocycles. The largest absolute Gasteiger partial charge is 0.368 e. The summed E-state index contributed by atoms with van der Waals surface area (Å²) in [4.78, 5) is 18.1. The fraction of sp³-hybridized carbons (Fsp3) is 0.316. The molecule has 25 heavy (non-hydrogen) atoms. The van der Waals surface area contributed by atoms with Gasteiger partial charge in [-0.15, -0.1) is 11.8 Å². The summed E-state index contributed by atoms with van der Waals surface area (Å²) in [5.41, 5.74) is 1.12. The molecule has 2 aromatic carbocycles. The van der Waals surface area contributed by atoms with E-state index in [2.05, 4.69) is 26.9 Å². The van der Waals surface area contributed by atoms with Crippen molar-refractivity contribution >= 4 is 50.9 Å². The lowest BCUT2D eigenvalue weighted by Crippen LogP contribution is -2.50. The Morgan fingerprint density at radius 2 is 1.80 bits per heavy atom. The lowest BCUT2D eigenvalue weighted by molar-refractivity contribution is -0.130. The average Bonchev–Trinajstić information content (AvgIpc) is 2.63. The highest BCUT2D eigenvalue weighted by Crippen LogP contribution is 2.27. The molecule has 0 bridgehead atoms. The van der Waals surface area contributed by atoms with Gasteiger partial charge < -0.3 is 9.80 Å². The summed E-state index contributed by atoms with van der Waals surface area (Å²) in [6, 6.07) is 16.0. The minimum Gasteiger partial charge on any atom is -0.368 e. The lowest BCUT2D eigenvalue weighted by atomic mass is 10.2. The number of anilines is 1. The zero-order chi connectivity index (χ0) is 17.8. The van der Waals surface area contributed by atoms with Gasteiger partial charge in [0.2, 0.25) is 5.91 Å². The Bertz CT molecular complexity index is 732. The van der Waals surface area contributed by atoms with Crippen molar-refractivity contribution in [1.82, 2.24) is 4.90 Å². The first kappa shape index (κ1) is 18.6. The summed E-state index contributed by atoms with van der Waals surface area (Å²) in [6.45, 7) is 5.15. The molecule has 132 valence electrons. The van der Waals surface area contributed by atoms with Crippen molar-refractivity contribution in [2.45, 2.75) is 17.1 Å². The molecule has 3 rings (SSSR count). The van der Waals surface area contributed by atoms with Gasteiger partial charge in [-0.2, -0.15) is 0 Å². The number of nitrogens with zero attached hydrogens (tertiary/aromatic N) is 2. The second-order valence-electron chi connectivity index (χ2n) is 6.01. The number of piperazine rings is 1. The zero-order valence-electron chi connectivity index (χ0n) is 14.0. The Kier molecular flexibility index (Phi) is 6.31. The van der Waals surface area contributed by atoms with Crippen LogP contribution in [-0.4, -0.2) is 42.2 Å². The minimum absolute atomic E-state index is 0.0844. The average molecular weight is 440 g/mol. The molecule has 1 amide bonds. The first-order valence-corrected chi connectivity index (χ1v) is 10.3. The van der Waals surface area contributed by atoms with Gasteiger partial charge in [-0.1, -0.05) is 33.6 Å². The van der Waals surface area contributed by atoms with Crippen molar-refractivity contribution < 1.29 is 4.79 Å². The molecule has 1 aliphatic rings. The van der Waals surface area contributed by atoms with Crippen LogP contribution in [0.3, 0.4) is 0 Å². The molecular weight excluding hydrogens is 420 g/mol. The van der Waals surface area contributed by atoms with E-state index in [1.165, 1.54) is 0 Å². The van der Waals surface area contributed by atoms with Crippen molar-refractivity contribution in [3.63, 3.8) is 0 Å². The number of halogens is 2. The molecule has 0 N–H and O–H groups in total. The van der Waals surface area contributed by atoms with Gasteiger partial charge in [0, 0.05) is 46.3 Å². The second kappa shape index (κ2) is 8.47. The number of hydrogen-bond acceptors (Lipinski definition) is 3. The molecule has 1 fully saturated rings. The first-order chi connectivity index (χ1) is 12.0. The third-order valence-electron chi connectivity index (χ3n) is 4.24. The number of amides is 1. The number of benzene rings is 2. The van der Waals surface area contributed by atoms with Crippen LogP contribution in [0.5, 0.6) is 0 Å². The number of carbonyl (C=O) groups is 1. The third kappa shape index (κ3) is 4.93. The standard InChI is InChI=1S/C19H20BrClN2OS/c1-14(25-18-7-5-15(20)6-8-18)19(24)23-11-9-22(10-12-23)17-4-2-3-16(21)13-17/h2-8,13-14H,9-12H2,1H3. The van der Waals surface area contributed by atoms with Crippen LogP contribution < -0.4 is 4.90 Å². The molecule has 1 saturated heterocycles. The lowest BCUT2D eigenvalue weighted by Gasteiger charge is -2.37. The third-order valence-corrected chi connectivity index (χ3v) is 6.10. The quantitative estimate of drug-likeness (QED) is 0.631. The van der Waals surface area contributed by atoms with Crippen LogP contribution in [0.2, 0.25) is 5.02 Å². The number of thioether (sulfide) groups is 1. The number of hydrogen-bond donors (Lipinski definition) is 0. The highest BCUT2D eigenvalue weighted by molar-refractivity contribution is 9.10. The molecular formula is C19H20BrClN2OS. The van der Waals surface area contributed by atoms with Crippen molar-refractivity contribution in [2.24, 2.45) is 0 Å². The SMILES string of the molecule is CC(Sc1ccc(Br)cc1)C(=O)N1CCN(c2cccc(Cl)c2)CC1. The van der Waals surface area contributed by atoms with Gasteiger partial charge in [0.25, 0.3) is 0 Å². The van der Waals surface area contributed by atoms with Gasteiger partial charge >= 0.3 is 0 Å². The van der Waals surface area contributed by atoms with Crippen molar-refractivity contribution in [2.75, 3.05) is 31.1 Å². The maximum atomic E-state index is 12.7. The van der Waals surface area contributed by atoms with E-state index in [0.29, 0.717) is 0 Å². The Morgan fingerprint density at radius 1 is 1.12 bits per heavy atom. The fourth-order valence-corrected chi connectivity index (χ4v) is 4.28. The highest BCUT2D eigenvalue weighted by atomic mass is 79.9. The maximum Gasteiger partial charge on any atom is 0.235 e. The molecule has 1 heterocycles. The van der Waals surface area contributed by atoms with E-state index >= 15 is 0 Å². The predicted octanol–water partition coefficient (Wildman–Crippen LogP) is 4.93. The zero-order valence-corrected chi connectivity index (χ0v) is 17.1. The summed E-state index contributed by atoms with van der Waals surface area (Å²) < 4.78 is 1.05. The van der Waals surface area contributed by atoms with Gasteiger partial charge in [-0.3, -0.25) is 4.79 Å². The van der Waals surface area contributed by atoms with Crippen molar-refractivity contribution in [3.05, 3.63) is 58.0 Å². The fourth-order valence-electron chi connectivity index (χ4n) is 2.88. The van der Waals surface area contributed by atoms with Gasteiger partial charge in [0.05, 0.1) is 5.25 Å². The topological polar surface area (TPSA) is 23.6 Å². The van der Waals surface area contributed by atoms with Crippen LogP contribution in [0.25, 0.3) is 0 Å². The molecule has 6 heteroatoms. The predicted molar refractivity (Wildman–Crippen MR) is 110 cm³/mol. The minimum atomic E-state index is -0.0844. The molecule has 3 nitrogen and oxygen atoms in total. The van der Waals surface area contributed by atoms with Crippen LogP contribution >= 0.6 is 39.3 Å². The molecule has 1 atom stereocenters. The van der Waals surface area contributed by atoms with Crippen LogP contribution in [-0.2, 0) is 4.79 Å². The molecule has 0 radical (unpaired) electrons. The summed E-state index contributed by atoms with van der Waals surface area (Å²) in [6.07, 6.45) is 0. The smallest absolute Gasteiger partial charge is 0.235 e. The second-order valence-corrected chi connectivity index (χ2v) is 8.77. The van der Waals surface area contributed by atoms with E-state index < -0.39 is 0 Å².